The average Bonchev–Trinajstić information content (AvgIpc) is 3.24. The molecule has 4 nitrogen and oxygen atoms in total. The van der Waals surface area contributed by atoms with Gasteiger partial charge in [0.25, 0.3) is 5.91 Å². The van der Waals surface area contributed by atoms with Crippen LogP contribution in [0.3, 0.4) is 0 Å². The second-order valence-electron chi connectivity index (χ2n) is 5.77. The number of hydrogen-bond acceptors (Lipinski definition) is 2. The van der Waals surface area contributed by atoms with Gasteiger partial charge >= 0.3 is 0 Å². The van der Waals surface area contributed by atoms with Crippen LogP contribution in [0, 0.1) is 18.7 Å². The summed E-state index contributed by atoms with van der Waals surface area (Å²) in [6.45, 7) is 4.06. The minimum atomic E-state index is -0.443. The Balaban J connectivity index is 1.78. The lowest BCUT2D eigenvalue weighted by molar-refractivity contribution is 0.102. The number of rotatable bonds is 4. The number of nitrogens with one attached hydrogen (secondary N) is 1. The predicted octanol–water partition coefficient (Wildman–Crippen LogP) is 4.21. The molecule has 0 bridgehead atoms. The van der Waals surface area contributed by atoms with Crippen molar-refractivity contribution in [1.82, 2.24) is 9.78 Å². The van der Waals surface area contributed by atoms with Gasteiger partial charge in [-0.1, -0.05) is 11.6 Å². The van der Waals surface area contributed by atoms with Crippen LogP contribution in [0.4, 0.5) is 10.1 Å². The van der Waals surface area contributed by atoms with E-state index in [9.17, 15) is 9.18 Å². The fourth-order valence-corrected chi connectivity index (χ4v) is 2.78. The van der Waals surface area contributed by atoms with Crippen molar-refractivity contribution < 1.29 is 9.18 Å². The predicted molar refractivity (Wildman–Crippen MR) is 83.8 cm³/mol. The van der Waals surface area contributed by atoms with E-state index in [0.29, 0.717) is 23.3 Å². The average molecular weight is 322 g/mol. The normalized spacial score (nSPS) is 15.6. The van der Waals surface area contributed by atoms with E-state index < -0.39 is 5.82 Å². The quantitative estimate of drug-likeness (QED) is 0.917. The smallest absolute Gasteiger partial charge is 0.276 e. The van der Waals surface area contributed by atoms with Crippen molar-refractivity contribution in [1.29, 1.82) is 0 Å². The van der Waals surface area contributed by atoms with Gasteiger partial charge < -0.3 is 5.32 Å². The molecule has 6 heteroatoms. The fraction of sp³-hybridized carbons (Fsp3) is 0.375. The maximum absolute atomic E-state index is 13.0. The van der Waals surface area contributed by atoms with Crippen LogP contribution in [-0.4, -0.2) is 15.7 Å². The largest absolute Gasteiger partial charge is 0.319 e. The maximum atomic E-state index is 13.0. The van der Waals surface area contributed by atoms with E-state index in [-0.39, 0.29) is 10.9 Å². The van der Waals surface area contributed by atoms with Crippen molar-refractivity contribution in [2.45, 2.75) is 32.7 Å². The number of aryl methyl sites for hydroxylation is 1. The number of aromatic nitrogens is 2. The molecule has 1 saturated carbocycles. The Hall–Kier alpha value is -1.88. The second-order valence-corrected chi connectivity index (χ2v) is 6.18. The second kappa shape index (κ2) is 5.72. The molecule has 3 rings (SSSR count). The first-order valence-electron chi connectivity index (χ1n) is 7.28. The Morgan fingerprint density at radius 3 is 2.82 bits per heavy atom. The van der Waals surface area contributed by atoms with Crippen molar-refractivity contribution >= 4 is 23.2 Å². The van der Waals surface area contributed by atoms with Crippen LogP contribution < -0.4 is 5.32 Å². The molecule has 1 aromatic heterocycles. The molecule has 22 heavy (non-hydrogen) atoms. The number of benzene rings is 1. The van der Waals surface area contributed by atoms with Crippen molar-refractivity contribution in [3.63, 3.8) is 0 Å². The number of halogens is 2. The van der Waals surface area contributed by atoms with Gasteiger partial charge in [0.15, 0.2) is 5.69 Å². The molecular weight excluding hydrogens is 305 g/mol. The van der Waals surface area contributed by atoms with Crippen molar-refractivity contribution in [3.05, 3.63) is 46.5 Å². The molecule has 1 N–H and O–H groups in total. The van der Waals surface area contributed by atoms with Gasteiger partial charge in [0.05, 0.1) is 16.8 Å². The molecular formula is C16H17ClFN3O. The molecule has 1 aromatic carbocycles. The zero-order valence-corrected chi connectivity index (χ0v) is 13.2. The highest BCUT2D eigenvalue weighted by Gasteiger charge is 2.31. The van der Waals surface area contributed by atoms with Crippen LogP contribution in [-0.2, 0) is 0 Å². The number of carbonyl (C=O) groups is 1. The SMILES string of the molecule is Cc1cc(C(=O)Nc2ccc(F)cc2Cl)nn1[C@H](C)C1CC1. The Kier molecular flexibility index (Phi) is 3.91. The third kappa shape index (κ3) is 2.99. The molecule has 1 aliphatic carbocycles. The summed E-state index contributed by atoms with van der Waals surface area (Å²) < 4.78 is 14.9. The Morgan fingerprint density at radius 1 is 1.45 bits per heavy atom. The summed E-state index contributed by atoms with van der Waals surface area (Å²) in [5.41, 5.74) is 1.66. The number of amides is 1. The highest BCUT2D eigenvalue weighted by atomic mass is 35.5. The van der Waals surface area contributed by atoms with Crippen molar-refractivity contribution in [2.24, 2.45) is 5.92 Å². The Labute approximate surface area is 133 Å². The first-order valence-corrected chi connectivity index (χ1v) is 7.66. The van der Waals surface area contributed by atoms with E-state index in [4.69, 9.17) is 11.6 Å². The van der Waals surface area contributed by atoms with Gasteiger partial charge in [0, 0.05) is 5.69 Å². The van der Waals surface area contributed by atoms with Crippen LogP contribution >= 0.6 is 11.6 Å². The van der Waals surface area contributed by atoms with E-state index in [0.717, 1.165) is 11.8 Å². The first kappa shape index (κ1) is 15.0. The monoisotopic (exact) mass is 321 g/mol. The van der Waals surface area contributed by atoms with Gasteiger partial charge in [-0.3, -0.25) is 9.48 Å². The summed E-state index contributed by atoms with van der Waals surface area (Å²) in [4.78, 5) is 12.3. The molecule has 1 amide bonds. The van der Waals surface area contributed by atoms with Crippen LogP contribution in [0.2, 0.25) is 5.02 Å². The molecule has 0 aliphatic heterocycles. The molecule has 1 heterocycles. The van der Waals surface area contributed by atoms with E-state index in [1.165, 1.54) is 25.0 Å². The molecule has 1 fully saturated rings. The molecule has 0 saturated heterocycles. The van der Waals surface area contributed by atoms with E-state index >= 15 is 0 Å². The Bertz CT molecular complexity index is 724. The Morgan fingerprint density at radius 2 is 2.18 bits per heavy atom. The number of nitrogens with zero attached hydrogens (tertiary/aromatic N) is 2. The van der Waals surface area contributed by atoms with Gasteiger partial charge in [-0.2, -0.15) is 5.10 Å². The van der Waals surface area contributed by atoms with E-state index in [1.54, 1.807) is 6.07 Å². The summed E-state index contributed by atoms with van der Waals surface area (Å²) in [6, 6.07) is 5.91. The summed E-state index contributed by atoms with van der Waals surface area (Å²) in [5.74, 6) is -0.138. The molecule has 0 radical (unpaired) electrons. The van der Waals surface area contributed by atoms with Gasteiger partial charge in [-0.25, -0.2) is 4.39 Å². The fourth-order valence-electron chi connectivity index (χ4n) is 2.57. The van der Waals surface area contributed by atoms with Gasteiger partial charge in [-0.15, -0.1) is 0 Å². The van der Waals surface area contributed by atoms with Gasteiger partial charge in [0.2, 0.25) is 0 Å². The molecule has 2 aromatic rings. The molecule has 1 aliphatic rings. The molecule has 116 valence electrons. The maximum Gasteiger partial charge on any atom is 0.276 e. The summed E-state index contributed by atoms with van der Waals surface area (Å²) in [5, 5.41) is 7.23. The van der Waals surface area contributed by atoms with Gasteiger partial charge in [-0.05, 0) is 56.9 Å². The summed E-state index contributed by atoms with van der Waals surface area (Å²) in [7, 11) is 0. The minimum absolute atomic E-state index is 0.163. The topological polar surface area (TPSA) is 46.9 Å². The van der Waals surface area contributed by atoms with Crippen molar-refractivity contribution in [3.8, 4) is 0 Å². The van der Waals surface area contributed by atoms with Crippen LogP contribution in [0.25, 0.3) is 0 Å². The number of carbonyl (C=O) groups excluding carboxylic acids is 1. The number of anilines is 1. The van der Waals surface area contributed by atoms with Crippen LogP contribution in [0.5, 0.6) is 0 Å². The molecule has 1 atom stereocenters. The summed E-state index contributed by atoms with van der Waals surface area (Å²) >= 11 is 5.92. The highest BCUT2D eigenvalue weighted by Crippen LogP contribution is 2.39. The third-order valence-electron chi connectivity index (χ3n) is 4.02. The lowest BCUT2D eigenvalue weighted by atomic mass is 10.2. The highest BCUT2D eigenvalue weighted by molar-refractivity contribution is 6.33. The zero-order chi connectivity index (χ0) is 15.9. The molecule has 0 spiro atoms. The summed E-state index contributed by atoms with van der Waals surface area (Å²) in [6.07, 6.45) is 2.43. The van der Waals surface area contributed by atoms with Gasteiger partial charge in [0.1, 0.15) is 5.82 Å². The van der Waals surface area contributed by atoms with E-state index in [2.05, 4.69) is 17.3 Å². The first-order chi connectivity index (χ1) is 10.5. The number of hydrogen-bond donors (Lipinski definition) is 1. The molecule has 0 unspecified atom stereocenters. The lowest BCUT2D eigenvalue weighted by Crippen LogP contribution is -2.15. The van der Waals surface area contributed by atoms with Crippen LogP contribution in [0.15, 0.2) is 24.3 Å². The van der Waals surface area contributed by atoms with Crippen LogP contribution in [0.1, 0.15) is 42.0 Å². The lowest BCUT2D eigenvalue weighted by Gasteiger charge is -2.12. The standard InChI is InChI=1S/C16H17ClFN3O/c1-9-7-15(20-21(9)10(2)11-3-4-11)16(22)19-14-6-5-12(18)8-13(14)17/h5-8,10-11H,3-4H2,1-2H3,(H,19,22)/t10-/m1/s1. The third-order valence-corrected chi connectivity index (χ3v) is 4.34. The van der Waals surface area contributed by atoms with Crippen molar-refractivity contribution in [2.75, 3.05) is 5.32 Å². The minimum Gasteiger partial charge on any atom is -0.319 e. The van der Waals surface area contributed by atoms with E-state index in [1.807, 2.05) is 11.6 Å². The zero-order valence-electron chi connectivity index (χ0n) is 12.4.